The monoisotopic (exact) mass is 567 g/mol. The SMILES string of the molecule is CC1OCCC1Sc1nc2c(c(Nc3ccc(C(F)(F)F)cc3)n1)C=CN(c1ncccc1C(F)(F)F)CC2. The van der Waals surface area contributed by atoms with Gasteiger partial charge in [0.2, 0.25) is 0 Å². The molecule has 0 spiro atoms. The molecule has 206 valence electrons. The van der Waals surface area contributed by atoms with Crippen LogP contribution in [0.4, 0.5) is 43.7 Å². The largest absolute Gasteiger partial charge is 0.419 e. The van der Waals surface area contributed by atoms with Crippen molar-refractivity contribution in [2.45, 2.75) is 48.6 Å². The Balaban J connectivity index is 1.50. The van der Waals surface area contributed by atoms with Gasteiger partial charge in [0.25, 0.3) is 0 Å². The van der Waals surface area contributed by atoms with Crippen LogP contribution in [0, 0.1) is 0 Å². The first-order valence-electron chi connectivity index (χ1n) is 12.1. The number of pyridine rings is 1. The Morgan fingerprint density at radius 2 is 1.79 bits per heavy atom. The third kappa shape index (κ3) is 6.14. The molecule has 13 heteroatoms. The van der Waals surface area contributed by atoms with Crippen LogP contribution in [-0.2, 0) is 23.5 Å². The third-order valence-electron chi connectivity index (χ3n) is 6.42. The number of benzene rings is 1. The second-order valence-corrected chi connectivity index (χ2v) is 10.3. The molecule has 2 atom stereocenters. The van der Waals surface area contributed by atoms with E-state index in [0.29, 0.717) is 34.5 Å². The van der Waals surface area contributed by atoms with Crippen molar-refractivity contribution in [3.63, 3.8) is 0 Å². The minimum absolute atomic E-state index is 0.0101. The quantitative estimate of drug-likeness (QED) is 0.264. The summed E-state index contributed by atoms with van der Waals surface area (Å²) in [5.41, 5.74) is -0.150. The van der Waals surface area contributed by atoms with Crippen molar-refractivity contribution in [3.8, 4) is 0 Å². The number of hydrogen-bond acceptors (Lipinski definition) is 7. The van der Waals surface area contributed by atoms with Crippen molar-refractivity contribution in [1.29, 1.82) is 0 Å². The molecule has 2 aliphatic heterocycles. The van der Waals surface area contributed by atoms with E-state index in [1.807, 2.05) is 6.92 Å². The van der Waals surface area contributed by atoms with E-state index >= 15 is 0 Å². The topological polar surface area (TPSA) is 63.2 Å². The summed E-state index contributed by atoms with van der Waals surface area (Å²) in [6.45, 7) is 2.75. The molecule has 1 fully saturated rings. The van der Waals surface area contributed by atoms with Crippen LogP contribution in [-0.4, -0.2) is 39.5 Å². The number of anilines is 3. The summed E-state index contributed by atoms with van der Waals surface area (Å²) >= 11 is 1.44. The molecule has 1 saturated heterocycles. The van der Waals surface area contributed by atoms with Gasteiger partial charge in [0.15, 0.2) is 5.16 Å². The Hall–Kier alpha value is -3.32. The van der Waals surface area contributed by atoms with Crippen LogP contribution in [0.5, 0.6) is 0 Å². The second-order valence-electron chi connectivity index (χ2n) is 9.07. The predicted octanol–water partition coefficient (Wildman–Crippen LogP) is 6.96. The van der Waals surface area contributed by atoms with Crippen molar-refractivity contribution in [3.05, 3.63) is 71.2 Å². The molecule has 0 aliphatic carbocycles. The lowest BCUT2D eigenvalue weighted by atomic mass is 10.1. The van der Waals surface area contributed by atoms with E-state index in [9.17, 15) is 26.3 Å². The fraction of sp³-hybridized carbons (Fsp3) is 0.346. The highest BCUT2D eigenvalue weighted by Crippen LogP contribution is 2.38. The van der Waals surface area contributed by atoms with E-state index in [1.54, 1.807) is 6.08 Å². The van der Waals surface area contributed by atoms with Crippen LogP contribution in [0.1, 0.15) is 35.7 Å². The van der Waals surface area contributed by atoms with Gasteiger partial charge >= 0.3 is 12.4 Å². The first-order valence-corrected chi connectivity index (χ1v) is 13.0. The zero-order valence-corrected chi connectivity index (χ0v) is 21.4. The molecule has 1 N–H and O–H groups in total. The summed E-state index contributed by atoms with van der Waals surface area (Å²) in [7, 11) is 0. The van der Waals surface area contributed by atoms with E-state index in [2.05, 4.69) is 15.3 Å². The number of rotatable bonds is 5. The minimum atomic E-state index is -4.59. The number of nitrogens with zero attached hydrogens (tertiary/aromatic N) is 4. The van der Waals surface area contributed by atoms with Gasteiger partial charge in [-0.3, -0.25) is 0 Å². The minimum Gasteiger partial charge on any atom is -0.377 e. The van der Waals surface area contributed by atoms with Crippen molar-refractivity contribution in [2.75, 3.05) is 23.4 Å². The highest BCUT2D eigenvalue weighted by molar-refractivity contribution is 7.99. The third-order valence-corrected chi connectivity index (χ3v) is 7.73. The average molecular weight is 568 g/mol. The van der Waals surface area contributed by atoms with Crippen molar-refractivity contribution in [2.24, 2.45) is 0 Å². The van der Waals surface area contributed by atoms with Gasteiger partial charge in [-0.15, -0.1) is 0 Å². The van der Waals surface area contributed by atoms with E-state index in [4.69, 9.17) is 9.72 Å². The summed E-state index contributed by atoms with van der Waals surface area (Å²) < 4.78 is 85.7. The summed E-state index contributed by atoms with van der Waals surface area (Å²) in [5, 5.41) is 3.64. The maximum Gasteiger partial charge on any atom is 0.419 e. The lowest BCUT2D eigenvalue weighted by Crippen LogP contribution is -2.23. The summed E-state index contributed by atoms with van der Waals surface area (Å²) in [4.78, 5) is 14.7. The first-order chi connectivity index (χ1) is 18.5. The summed E-state index contributed by atoms with van der Waals surface area (Å²) in [6, 6.07) is 6.74. The van der Waals surface area contributed by atoms with Crippen molar-refractivity contribution >= 4 is 35.2 Å². The van der Waals surface area contributed by atoms with Crippen molar-refractivity contribution < 1.29 is 31.1 Å². The summed E-state index contributed by atoms with van der Waals surface area (Å²) in [5.74, 6) is 0.106. The van der Waals surface area contributed by atoms with E-state index in [-0.39, 0.29) is 30.1 Å². The second kappa shape index (κ2) is 10.7. The van der Waals surface area contributed by atoms with Gasteiger partial charge in [0, 0.05) is 48.5 Å². The van der Waals surface area contributed by atoms with Crippen LogP contribution in [0.25, 0.3) is 6.08 Å². The van der Waals surface area contributed by atoms with Gasteiger partial charge in [-0.2, -0.15) is 26.3 Å². The fourth-order valence-corrected chi connectivity index (χ4v) is 5.44. The maximum absolute atomic E-state index is 13.6. The van der Waals surface area contributed by atoms with E-state index in [1.165, 1.54) is 47.3 Å². The molecule has 6 nitrogen and oxygen atoms in total. The van der Waals surface area contributed by atoms with E-state index < -0.39 is 23.5 Å². The molecule has 5 rings (SSSR count). The lowest BCUT2D eigenvalue weighted by molar-refractivity contribution is -0.138. The standard InChI is InChI=1S/C26H23F6N5OS/c1-15-21(10-14-38-15)39-24-35-20-9-13-37(23-19(26(30,31)32)3-2-11-33-23)12-8-18(20)22(36-24)34-17-6-4-16(5-7-17)25(27,28)29/h2-8,11-12,15,21H,9-10,13-14H2,1H3,(H,34,35,36). The van der Waals surface area contributed by atoms with Crippen LogP contribution < -0.4 is 10.2 Å². The van der Waals surface area contributed by atoms with Crippen LogP contribution in [0.2, 0.25) is 0 Å². The number of nitrogens with one attached hydrogen (secondary N) is 1. The van der Waals surface area contributed by atoms with Gasteiger partial charge in [0.1, 0.15) is 11.6 Å². The number of aromatic nitrogens is 3. The molecular weight excluding hydrogens is 544 g/mol. The highest BCUT2D eigenvalue weighted by atomic mass is 32.2. The molecule has 1 aromatic carbocycles. The molecule has 2 unspecified atom stereocenters. The molecule has 0 radical (unpaired) electrons. The normalized spacial score (nSPS) is 19.6. The van der Waals surface area contributed by atoms with Crippen LogP contribution in [0.3, 0.4) is 0 Å². The Labute approximate surface area is 224 Å². The molecule has 0 amide bonds. The Morgan fingerprint density at radius 1 is 1.03 bits per heavy atom. The van der Waals surface area contributed by atoms with Crippen LogP contribution in [0.15, 0.2) is 54.0 Å². The Kier molecular flexibility index (Phi) is 7.47. The number of thioether (sulfide) groups is 1. The molecule has 3 aromatic rings. The van der Waals surface area contributed by atoms with Crippen molar-refractivity contribution in [1.82, 2.24) is 15.0 Å². The molecule has 2 aliphatic rings. The first kappa shape index (κ1) is 27.3. The molecule has 0 bridgehead atoms. The van der Waals surface area contributed by atoms with Crippen LogP contribution >= 0.6 is 11.8 Å². The van der Waals surface area contributed by atoms with E-state index in [0.717, 1.165) is 24.6 Å². The molecular formula is C26H23F6N5OS. The van der Waals surface area contributed by atoms with Gasteiger partial charge in [0.05, 0.1) is 22.9 Å². The molecule has 2 aromatic heterocycles. The fourth-order valence-electron chi connectivity index (χ4n) is 4.38. The molecule has 0 saturated carbocycles. The Bertz CT molecular complexity index is 1360. The zero-order chi connectivity index (χ0) is 27.8. The molecule has 4 heterocycles. The van der Waals surface area contributed by atoms with Gasteiger partial charge < -0.3 is 15.0 Å². The summed E-state index contributed by atoms with van der Waals surface area (Å²) in [6.07, 6.45) is -3.59. The number of hydrogen-bond donors (Lipinski definition) is 1. The van der Waals surface area contributed by atoms with Gasteiger partial charge in [-0.25, -0.2) is 15.0 Å². The maximum atomic E-state index is 13.6. The number of alkyl halides is 6. The lowest BCUT2D eigenvalue weighted by Gasteiger charge is -2.21. The average Bonchev–Trinajstić information content (AvgIpc) is 3.15. The zero-order valence-electron chi connectivity index (χ0n) is 20.6. The highest BCUT2D eigenvalue weighted by Gasteiger charge is 2.36. The van der Waals surface area contributed by atoms with Gasteiger partial charge in [-0.05, 0) is 55.8 Å². The number of halogens is 6. The number of ether oxygens (including phenoxy) is 1. The smallest absolute Gasteiger partial charge is 0.377 e. The number of fused-ring (bicyclic) bond motifs is 1. The van der Waals surface area contributed by atoms with Gasteiger partial charge in [-0.1, -0.05) is 11.8 Å². The Morgan fingerprint density at radius 3 is 2.46 bits per heavy atom. The predicted molar refractivity (Wildman–Crippen MR) is 136 cm³/mol. The molecule has 39 heavy (non-hydrogen) atoms.